The number of ether oxygens (including phenoxy) is 1. The average Bonchev–Trinajstić information content (AvgIpc) is 3.01. The summed E-state index contributed by atoms with van der Waals surface area (Å²) in [6, 6.07) is 26.3. The van der Waals surface area contributed by atoms with Crippen LogP contribution in [0.2, 0.25) is 10.0 Å². The Morgan fingerprint density at radius 3 is 2.35 bits per heavy atom. The number of nitrogens with one attached hydrogen (secondary N) is 1. The summed E-state index contributed by atoms with van der Waals surface area (Å²) in [5.41, 5.74) is 2.87. The Labute approximate surface area is 206 Å². The van der Waals surface area contributed by atoms with E-state index in [2.05, 4.69) is 5.32 Å². The molecule has 0 aromatic heterocycles. The number of fused-ring (bicyclic) bond motifs is 2. The Hall–Kier alpha value is -3.80. The van der Waals surface area contributed by atoms with Crippen LogP contribution in [0.1, 0.15) is 26.3 Å². The van der Waals surface area contributed by atoms with Gasteiger partial charge in [0, 0.05) is 21.8 Å². The lowest BCUT2D eigenvalue weighted by atomic mass is 10.1. The van der Waals surface area contributed by atoms with Gasteiger partial charge >= 0.3 is 0 Å². The second-order valence-electron chi connectivity index (χ2n) is 7.72. The summed E-state index contributed by atoms with van der Waals surface area (Å²) >= 11 is 12.3. The molecule has 0 spiro atoms. The van der Waals surface area contributed by atoms with Gasteiger partial charge in [0.15, 0.2) is 5.75 Å². The first-order valence-corrected chi connectivity index (χ1v) is 11.3. The number of hydrogen-bond donors (Lipinski definition) is 1. The number of anilines is 2. The van der Waals surface area contributed by atoms with Gasteiger partial charge < -0.3 is 15.0 Å². The van der Waals surface area contributed by atoms with Gasteiger partial charge in [0.25, 0.3) is 11.8 Å². The van der Waals surface area contributed by atoms with Gasteiger partial charge in [0.05, 0.1) is 22.8 Å². The van der Waals surface area contributed by atoms with Crippen molar-refractivity contribution in [2.75, 3.05) is 10.2 Å². The molecular weight excluding hydrogens is 471 g/mol. The van der Waals surface area contributed by atoms with E-state index in [-0.39, 0.29) is 11.8 Å². The number of rotatable bonds is 3. The number of carbonyl (C=O) groups excluding carboxylic acids is 2. The van der Waals surface area contributed by atoms with Crippen LogP contribution in [0.3, 0.4) is 0 Å². The third kappa shape index (κ3) is 4.36. The number of carbonyl (C=O) groups is 2. The number of benzene rings is 4. The van der Waals surface area contributed by atoms with Crippen molar-refractivity contribution in [3.05, 3.63) is 118 Å². The summed E-state index contributed by atoms with van der Waals surface area (Å²) in [5.74, 6) is 0.718. The molecule has 0 bridgehead atoms. The van der Waals surface area contributed by atoms with E-state index in [1.165, 1.54) is 0 Å². The van der Waals surface area contributed by atoms with Crippen molar-refractivity contribution in [1.82, 2.24) is 0 Å². The van der Waals surface area contributed by atoms with Crippen LogP contribution >= 0.6 is 23.2 Å². The number of nitrogens with zero attached hydrogens (tertiary/aromatic N) is 1. The van der Waals surface area contributed by atoms with Gasteiger partial charge in [-0.2, -0.15) is 0 Å². The van der Waals surface area contributed by atoms with Gasteiger partial charge in [-0.25, -0.2) is 0 Å². The van der Waals surface area contributed by atoms with Gasteiger partial charge in [0.2, 0.25) is 0 Å². The highest BCUT2D eigenvalue weighted by Gasteiger charge is 2.26. The van der Waals surface area contributed by atoms with E-state index in [0.717, 1.165) is 5.56 Å². The van der Waals surface area contributed by atoms with Crippen molar-refractivity contribution in [3.8, 4) is 11.5 Å². The smallest absolute Gasteiger partial charge is 0.258 e. The molecule has 1 aliphatic rings. The van der Waals surface area contributed by atoms with Crippen molar-refractivity contribution in [2.24, 2.45) is 0 Å². The minimum atomic E-state index is -0.322. The fraction of sp³-hybridized carbons (Fsp3) is 0.0370. The average molecular weight is 489 g/mol. The lowest BCUT2D eigenvalue weighted by Crippen LogP contribution is -2.29. The SMILES string of the molecule is O=C(Nc1ccc(C(=O)N2Cc3cc(Cl)ccc3Oc3ccccc32)cc1)c1ccccc1Cl. The summed E-state index contributed by atoms with van der Waals surface area (Å²) in [6.45, 7) is 0.302. The fourth-order valence-corrected chi connectivity index (χ4v) is 4.20. The standard InChI is InChI=1S/C27H18Cl2N2O3/c28-19-11-14-24-18(15-19)16-31(23-7-3-4-8-25(23)34-24)27(33)17-9-12-20(13-10-17)30-26(32)21-5-1-2-6-22(21)29/h1-15H,16H2,(H,30,32). The third-order valence-corrected chi connectivity index (χ3v) is 6.04. The largest absolute Gasteiger partial charge is 0.455 e. The van der Waals surface area contributed by atoms with Crippen LogP contribution in [0.15, 0.2) is 91.0 Å². The minimum absolute atomic E-state index is 0.201. The topological polar surface area (TPSA) is 58.6 Å². The van der Waals surface area contributed by atoms with Gasteiger partial charge in [-0.15, -0.1) is 0 Å². The predicted octanol–water partition coefficient (Wildman–Crippen LogP) is 7.20. The number of halogens is 2. The molecular formula is C27H18Cl2N2O3. The summed E-state index contributed by atoms with van der Waals surface area (Å²) in [6.07, 6.45) is 0. The van der Waals surface area contributed by atoms with Crippen molar-refractivity contribution in [3.63, 3.8) is 0 Å². The van der Waals surface area contributed by atoms with Crippen LogP contribution in [0, 0.1) is 0 Å². The predicted molar refractivity (Wildman–Crippen MR) is 134 cm³/mol. The van der Waals surface area contributed by atoms with E-state index in [1.54, 1.807) is 71.6 Å². The van der Waals surface area contributed by atoms with Crippen LogP contribution in [0.5, 0.6) is 11.5 Å². The van der Waals surface area contributed by atoms with E-state index in [4.69, 9.17) is 27.9 Å². The molecule has 5 rings (SSSR count). The van der Waals surface area contributed by atoms with Crippen LogP contribution in [0.4, 0.5) is 11.4 Å². The van der Waals surface area contributed by atoms with E-state index in [1.807, 2.05) is 24.3 Å². The normalized spacial score (nSPS) is 12.1. The molecule has 4 aromatic carbocycles. The number of para-hydroxylation sites is 2. The molecule has 2 amide bonds. The van der Waals surface area contributed by atoms with E-state index < -0.39 is 0 Å². The molecule has 4 aromatic rings. The monoisotopic (exact) mass is 488 g/mol. The molecule has 0 saturated heterocycles. The van der Waals surface area contributed by atoms with Gasteiger partial charge in [0.1, 0.15) is 5.75 Å². The van der Waals surface area contributed by atoms with Crippen LogP contribution in [-0.2, 0) is 6.54 Å². The first-order chi connectivity index (χ1) is 16.5. The minimum Gasteiger partial charge on any atom is -0.455 e. The highest BCUT2D eigenvalue weighted by atomic mass is 35.5. The van der Waals surface area contributed by atoms with E-state index >= 15 is 0 Å². The highest BCUT2D eigenvalue weighted by molar-refractivity contribution is 6.34. The molecule has 1 heterocycles. The third-order valence-electron chi connectivity index (χ3n) is 5.48. The van der Waals surface area contributed by atoms with Gasteiger partial charge in [-0.1, -0.05) is 47.5 Å². The summed E-state index contributed by atoms with van der Waals surface area (Å²) in [4.78, 5) is 27.7. The Balaban J connectivity index is 1.41. The molecule has 168 valence electrons. The second kappa shape index (κ2) is 9.21. The molecule has 0 radical (unpaired) electrons. The summed E-state index contributed by atoms with van der Waals surface area (Å²) in [5, 5.41) is 3.75. The Bertz CT molecular complexity index is 1400. The highest BCUT2D eigenvalue weighted by Crippen LogP contribution is 2.40. The zero-order chi connectivity index (χ0) is 23.7. The number of amides is 2. The van der Waals surface area contributed by atoms with Gasteiger partial charge in [-0.3, -0.25) is 9.59 Å². The van der Waals surface area contributed by atoms with Crippen LogP contribution in [-0.4, -0.2) is 11.8 Å². The van der Waals surface area contributed by atoms with Crippen molar-refractivity contribution >= 4 is 46.4 Å². The van der Waals surface area contributed by atoms with Crippen LogP contribution < -0.4 is 15.0 Å². The van der Waals surface area contributed by atoms with Crippen molar-refractivity contribution < 1.29 is 14.3 Å². The maximum absolute atomic E-state index is 13.5. The molecule has 0 unspecified atom stereocenters. The van der Waals surface area contributed by atoms with Crippen molar-refractivity contribution in [2.45, 2.75) is 6.54 Å². The molecule has 1 aliphatic heterocycles. The second-order valence-corrected chi connectivity index (χ2v) is 8.57. The summed E-state index contributed by atoms with van der Waals surface area (Å²) in [7, 11) is 0. The molecule has 5 nitrogen and oxygen atoms in total. The molecule has 7 heteroatoms. The van der Waals surface area contributed by atoms with Crippen molar-refractivity contribution in [1.29, 1.82) is 0 Å². The first kappa shape index (κ1) is 22.0. The zero-order valence-electron chi connectivity index (χ0n) is 17.8. The van der Waals surface area contributed by atoms with Gasteiger partial charge in [-0.05, 0) is 66.7 Å². The molecule has 1 N–H and O–H groups in total. The fourth-order valence-electron chi connectivity index (χ4n) is 3.79. The molecule has 34 heavy (non-hydrogen) atoms. The maximum Gasteiger partial charge on any atom is 0.258 e. The molecule has 0 fully saturated rings. The number of hydrogen-bond acceptors (Lipinski definition) is 3. The zero-order valence-corrected chi connectivity index (χ0v) is 19.3. The van der Waals surface area contributed by atoms with E-state index in [0.29, 0.717) is 50.6 Å². The van der Waals surface area contributed by atoms with Crippen LogP contribution in [0.25, 0.3) is 0 Å². The maximum atomic E-state index is 13.5. The summed E-state index contributed by atoms with van der Waals surface area (Å²) < 4.78 is 6.08. The Kier molecular flexibility index (Phi) is 5.97. The molecule has 0 atom stereocenters. The Morgan fingerprint density at radius 2 is 1.56 bits per heavy atom. The lowest BCUT2D eigenvalue weighted by molar-refractivity contribution is 0.0984. The Morgan fingerprint density at radius 1 is 0.824 bits per heavy atom. The van der Waals surface area contributed by atoms with E-state index in [9.17, 15) is 9.59 Å². The lowest BCUT2D eigenvalue weighted by Gasteiger charge is -2.22. The molecule has 0 aliphatic carbocycles. The first-order valence-electron chi connectivity index (χ1n) is 10.5. The molecule has 0 saturated carbocycles. The quantitative estimate of drug-likeness (QED) is 0.331.